The highest BCUT2D eigenvalue weighted by Gasteiger charge is 2.41. The third-order valence-electron chi connectivity index (χ3n) is 5.71. The fourth-order valence-electron chi connectivity index (χ4n) is 3.84. The van der Waals surface area contributed by atoms with Crippen molar-refractivity contribution in [1.29, 1.82) is 0 Å². The van der Waals surface area contributed by atoms with Gasteiger partial charge in [0.1, 0.15) is 6.26 Å². The minimum atomic E-state index is -0.336. The number of anilines is 5. The number of nitrogens with zero attached hydrogens (tertiary/aromatic N) is 5. The quantitative estimate of drug-likeness (QED) is 0.448. The topological polar surface area (TPSA) is 126 Å². The first kappa shape index (κ1) is 22.5. The lowest BCUT2D eigenvalue weighted by Gasteiger charge is -2.36. The molecule has 0 spiro atoms. The van der Waals surface area contributed by atoms with E-state index in [1.165, 1.54) is 6.08 Å². The van der Waals surface area contributed by atoms with Crippen LogP contribution in [0.4, 0.5) is 34.0 Å². The van der Waals surface area contributed by atoms with Gasteiger partial charge in [0.25, 0.3) is 0 Å². The summed E-state index contributed by atoms with van der Waals surface area (Å²) in [4.78, 5) is 42.1. The summed E-state index contributed by atoms with van der Waals surface area (Å²) < 4.78 is 10.5. The van der Waals surface area contributed by atoms with E-state index in [4.69, 9.17) is 9.15 Å². The molecule has 3 heterocycles. The van der Waals surface area contributed by atoms with E-state index in [2.05, 4.69) is 32.2 Å². The van der Waals surface area contributed by atoms with Crippen molar-refractivity contribution in [2.24, 2.45) is 0 Å². The van der Waals surface area contributed by atoms with Crippen LogP contribution in [0.2, 0.25) is 0 Å². The summed E-state index contributed by atoms with van der Waals surface area (Å²) >= 11 is 0. The summed E-state index contributed by atoms with van der Waals surface area (Å²) in [5, 5.41) is 5.70. The van der Waals surface area contributed by atoms with Crippen LogP contribution in [0.25, 0.3) is 0 Å². The number of rotatable bonds is 9. The van der Waals surface area contributed by atoms with Crippen molar-refractivity contribution in [1.82, 2.24) is 19.9 Å². The van der Waals surface area contributed by atoms with E-state index < -0.39 is 0 Å². The summed E-state index contributed by atoms with van der Waals surface area (Å²) in [6, 6.07) is 7.32. The SMILES string of the molecule is C=CC(=O)Nc1cccc(N2C(=O)N(C3CC3)Cc3cnc(Nc4nc(CCOC)co4)nc32)c1. The minimum Gasteiger partial charge on any atom is -0.432 e. The first-order valence-corrected chi connectivity index (χ1v) is 11.3. The predicted molar refractivity (Wildman–Crippen MR) is 129 cm³/mol. The third-order valence-corrected chi connectivity index (χ3v) is 5.71. The lowest BCUT2D eigenvalue weighted by atomic mass is 10.1. The van der Waals surface area contributed by atoms with Gasteiger partial charge in [-0.25, -0.2) is 14.7 Å². The van der Waals surface area contributed by atoms with E-state index >= 15 is 0 Å². The van der Waals surface area contributed by atoms with E-state index in [0.29, 0.717) is 36.8 Å². The van der Waals surface area contributed by atoms with E-state index in [1.807, 2.05) is 4.90 Å². The molecule has 1 saturated carbocycles. The molecule has 2 N–H and O–H groups in total. The normalized spacial score (nSPS) is 15.1. The third kappa shape index (κ3) is 4.85. The minimum absolute atomic E-state index is 0.171. The molecule has 0 unspecified atom stereocenters. The molecule has 1 fully saturated rings. The number of benzene rings is 1. The second-order valence-electron chi connectivity index (χ2n) is 8.28. The summed E-state index contributed by atoms with van der Waals surface area (Å²) in [7, 11) is 1.63. The van der Waals surface area contributed by atoms with Crippen molar-refractivity contribution in [3.05, 3.63) is 60.6 Å². The fraction of sp³-hybridized carbons (Fsp3) is 0.292. The number of aromatic nitrogens is 3. The van der Waals surface area contributed by atoms with Gasteiger partial charge in [0.15, 0.2) is 5.82 Å². The number of hydrogen-bond acceptors (Lipinski definition) is 8. The van der Waals surface area contributed by atoms with E-state index in [1.54, 1.807) is 48.7 Å². The molecule has 0 saturated heterocycles. The summed E-state index contributed by atoms with van der Waals surface area (Å²) in [6.45, 7) is 4.44. The molecule has 2 aliphatic rings. The van der Waals surface area contributed by atoms with Crippen LogP contribution < -0.4 is 15.5 Å². The number of carbonyl (C=O) groups is 2. The van der Waals surface area contributed by atoms with Gasteiger partial charge in [0.05, 0.1) is 24.5 Å². The van der Waals surface area contributed by atoms with Gasteiger partial charge in [-0.15, -0.1) is 0 Å². The van der Waals surface area contributed by atoms with Gasteiger partial charge in [-0.1, -0.05) is 12.6 Å². The number of hydrogen-bond donors (Lipinski definition) is 2. The number of nitrogens with one attached hydrogen (secondary N) is 2. The molecule has 1 aromatic carbocycles. The number of fused-ring (bicyclic) bond motifs is 1. The average Bonchev–Trinajstić information content (AvgIpc) is 3.61. The summed E-state index contributed by atoms with van der Waals surface area (Å²) in [5.41, 5.74) is 2.67. The highest BCUT2D eigenvalue weighted by molar-refractivity contribution is 6.03. The number of amides is 3. The zero-order chi connectivity index (χ0) is 24.4. The van der Waals surface area contributed by atoms with Gasteiger partial charge < -0.3 is 19.4 Å². The van der Waals surface area contributed by atoms with Gasteiger partial charge in [-0.2, -0.15) is 9.97 Å². The average molecular weight is 476 g/mol. The monoisotopic (exact) mass is 475 g/mol. The lowest BCUT2D eigenvalue weighted by Crippen LogP contribution is -2.46. The standard InChI is InChI=1S/C24H25N7O4/c1-3-20(32)26-16-5-4-6-19(11-16)31-21-15(13-30(24(31)33)18-7-8-18)12-25-22(28-21)29-23-27-17(14-35-23)9-10-34-2/h3-6,11-12,14,18H,1,7-10,13H2,2H3,(H,26,32)(H,25,27,28,29). The second-order valence-corrected chi connectivity index (χ2v) is 8.28. The van der Waals surface area contributed by atoms with Crippen LogP contribution in [-0.2, 0) is 22.5 Å². The molecule has 0 atom stereocenters. The molecule has 1 aliphatic carbocycles. The molecule has 1 aliphatic heterocycles. The van der Waals surface area contributed by atoms with Crippen molar-refractivity contribution >= 4 is 41.1 Å². The van der Waals surface area contributed by atoms with Gasteiger partial charge in [-0.3, -0.25) is 10.1 Å². The molecular formula is C24H25N7O4. The van der Waals surface area contributed by atoms with E-state index in [-0.39, 0.29) is 29.9 Å². The first-order chi connectivity index (χ1) is 17.1. The molecule has 5 rings (SSSR count). The van der Waals surface area contributed by atoms with Crippen LogP contribution in [0.5, 0.6) is 0 Å². The van der Waals surface area contributed by atoms with Crippen LogP contribution in [0.3, 0.4) is 0 Å². The molecule has 11 nitrogen and oxygen atoms in total. The van der Waals surface area contributed by atoms with E-state index in [9.17, 15) is 9.59 Å². The largest absolute Gasteiger partial charge is 0.432 e. The van der Waals surface area contributed by atoms with Gasteiger partial charge >= 0.3 is 12.0 Å². The molecular weight excluding hydrogens is 450 g/mol. The van der Waals surface area contributed by atoms with E-state index in [0.717, 1.165) is 24.1 Å². The van der Waals surface area contributed by atoms with Gasteiger partial charge in [0.2, 0.25) is 11.9 Å². The molecule has 0 bridgehead atoms. The molecule has 11 heteroatoms. The van der Waals surface area contributed by atoms with Crippen molar-refractivity contribution in [2.75, 3.05) is 29.3 Å². The van der Waals surface area contributed by atoms with Crippen molar-refractivity contribution < 1.29 is 18.7 Å². The molecule has 0 radical (unpaired) electrons. The van der Waals surface area contributed by atoms with Crippen LogP contribution in [-0.4, -0.2) is 51.5 Å². The number of carbonyl (C=O) groups excluding carboxylic acids is 2. The van der Waals surface area contributed by atoms with Gasteiger partial charge in [0, 0.05) is 37.0 Å². The maximum absolute atomic E-state index is 13.6. The molecule has 3 amide bonds. The maximum Gasteiger partial charge on any atom is 0.330 e. The van der Waals surface area contributed by atoms with Gasteiger partial charge in [-0.05, 0) is 37.1 Å². The smallest absolute Gasteiger partial charge is 0.330 e. The Morgan fingerprint density at radius 2 is 2.20 bits per heavy atom. The maximum atomic E-state index is 13.6. The second kappa shape index (κ2) is 9.55. The van der Waals surface area contributed by atoms with Crippen molar-refractivity contribution in [3.8, 4) is 0 Å². The van der Waals surface area contributed by atoms with Crippen LogP contribution in [0.1, 0.15) is 24.1 Å². The fourth-order valence-corrected chi connectivity index (χ4v) is 3.84. The number of methoxy groups -OCH3 is 1. The number of urea groups is 1. The number of ether oxygens (including phenoxy) is 1. The highest BCUT2D eigenvalue weighted by atomic mass is 16.5. The Hall–Kier alpha value is -4.25. The van der Waals surface area contributed by atoms with Crippen LogP contribution >= 0.6 is 0 Å². The summed E-state index contributed by atoms with van der Waals surface area (Å²) in [6.07, 6.45) is 7.01. The zero-order valence-electron chi connectivity index (χ0n) is 19.2. The Morgan fingerprint density at radius 1 is 1.34 bits per heavy atom. The molecule has 2 aromatic heterocycles. The summed E-state index contributed by atoms with van der Waals surface area (Å²) in [5.74, 6) is 0.372. The Labute approximate surface area is 201 Å². The Balaban J connectivity index is 1.47. The highest BCUT2D eigenvalue weighted by Crippen LogP contribution is 2.39. The first-order valence-electron chi connectivity index (χ1n) is 11.3. The predicted octanol–water partition coefficient (Wildman–Crippen LogP) is 3.76. The zero-order valence-corrected chi connectivity index (χ0v) is 19.2. The van der Waals surface area contributed by atoms with Crippen molar-refractivity contribution in [3.63, 3.8) is 0 Å². The molecule has 180 valence electrons. The van der Waals surface area contributed by atoms with Crippen LogP contribution in [0, 0.1) is 0 Å². The Morgan fingerprint density at radius 3 is 2.97 bits per heavy atom. The lowest BCUT2D eigenvalue weighted by molar-refractivity contribution is -0.111. The Bertz CT molecular complexity index is 1270. The molecule has 3 aromatic rings. The van der Waals surface area contributed by atoms with Crippen molar-refractivity contribution in [2.45, 2.75) is 31.8 Å². The molecule has 35 heavy (non-hydrogen) atoms. The van der Waals surface area contributed by atoms with Crippen LogP contribution in [0.15, 0.2) is 53.8 Å². The Kier molecular flexibility index (Phi) is 6.15. The number of oxazole rings is 1.